The van der Waals surface area contributed by atoms with Gasteiger partial charge in [-0.1, -0.05) is 0 Å². The van der Waals surface area contributed by atoms with Crippen molar-refractivity contribution in [3.05, 3.63) is 47.4 Å². The predicted molar refractivity (Wildman–Crippen MR) is 96.4 cm³/mol. The van der Waals surface area contributed by atoms with Gasteiger partial charge in [-0.25, -0.2) is 17.2 Å². The van der Waals surface area contributed by atoms with Crippen molar-refractivity contribution >= 4 is 20.7 Å². The average Bonchev–Trinajstić information content (AvgIpc) is 3.20. The maximum atomic E-state index is 13.8. The molecule has 1 aromatic heterocycles. The van der Waals surface area contributed by atoms with E-state index < -0.39 is 63.1 Å². The zero-order valence-corrected chi connectivity index (χ0v) is 16.2. The first-order valence-corrected chi connectivity index (χ1v) is 10.1. The van der Waals surface area contributed by atoms with E-state index in [0.717, 1.165) is 18.2 Å². The van der Waals surface area contributed by atoms with Crippen molar-refractivity contribution in [1.29, 1.82) is 0 Å². The number of aliphatic hydroxyl groups is 1. The van der Waals surface area contributed by atoms with E-state index in [4.69, 9.17) is 4.74 Å². The molecule has 168 valence electrons. The number of sulfone groups is 1. The second-order valence-electron chi connectivity index (χ2n) is 6.32. The molecule has 1 atom stereocenters. The smallest absolute Gasteiger partial charge is 0.456 e. The third kappa shape index (κ3) is 4.06. The summed E-state index contributed by atoms with van der Waals surface area (Å²) in [5.74, 6) is -1.06. The Morgan fingerprint density at radius 3 is 2.42 bits per heavy atom. The van der Waals surface area contributed by atoms with E-state index >= 15 is 0 Å². The molecule has 2 N–H and O–H groups in total. The van der Waals surface area contributed by atoms with Crippen LogP contribution in [0.5, 0.6) is 11.5 Å². The van der Waals surface area contributed by atoms with Crippen LogP contribution in [0.3, 0.4) is 0 Å². The first-order valence-electron chi connectivity index (χ1n) is 8.59. The molecule has 3 aromatic rings. The molecular formula is C18H14F6N2O4S. The number of fused-ring (bicyclic) bond motifs is 1. The number of hydrogen-bond acceptors (Lipinski definition) is 5. The SMILES string of the molecule is O=S(=O)(c1ccc(Oc2ccc(F)c3[nH]ncc23)c(CCF)c1[C@H](O)CF)C(F)(F)F. The van der Waals surface area contributed by atoms with E-state index in [0.29, 0.717) is 6.07 Å². The van der Waals surface area contributed by atoms with Gasteiger partial charge in [-0.3, -0.25) is 9.49 Å². The van der Waals surface area contributed by atoms with Gasteiger partial charge >= 0.3 is 5.51 Å². The monoisotopic (exact) mass is 468 g/mol. The summed E-state index contributed by atoms with van der Waals surface area (Å²) in [5, 5.41) is 16.1. The molecule has 31 heavy (non-hydrogen) atoms. The van der Waals surface area contributed by atoms with E-state index in [2.05, 4.69) is 10.2 Å². The molecule has 0 fully saturated rings. The number of rotatable bonds is 7. The lowest BCUT2D eigenvalue weighted by molar-refractivity contribution is -0.0437. The fourth-order valence-corrected chi connectivity index (χ4v) is 4.10. The Kier molecular flexibility index (Phi) is 6.18. The summed E-state index contributed by atoms with van der Waals surface area (Å²) >= 11 is 0. The van der Waals surface area contributed by atoms with Crippen molar-refractivity contribution in [2.75, 3.05) is 13.3 Å². The zero-order chi connectivity index (χ0) is 23.0. The van der Waals surface area contributed by atoms with Gasteiger partial charge in [-0.05, 0) is 24.3 Å². The Bertz CT molecular complexity index is 1210. The van der Waals surface area contributed by atoms with Gasteiger partial charge < -0.3 is 9.84 Å². The van der Waals surface area contributed by atoms with Crippen molar-refractivity contribution in [1.82, 2.24) is 10.2 Å². The molecule has 0 unspecified atom stereocenters. The highest BCUT2D eigenvalue weighted by atomic mass is 32.2. The molecule has 13 heteroatoms. The first-order chi connectivity index (χ1) is 14.5. The highest BCUT2D eigenvalue weighted by Crippen LogP contribution is 2.41. The van der Waals surface area contributed by atoms with Crippen LogP contribution in [-0.4, -0.2) is 42.6 Å². The molecule has 2 aromatic carbocycles. The Labute approximate surface area is 171 Å². The van der Waals surface area contributed by atoms with Crippen molar-refractivity contribution in [2.24, 2.45) is 0 Å². The number of hydrogen-bond donors (Lipinski definition) is 2. The van der Waals surface area contributed by atoms with Crippen molar-refractivity contribution < 1.29 is 44.6 Å². The molecule has 3 rings (SSSR count). The maximum absolute atomic E-state index is 13.8. The summed E-state index contributed by atoms with van der Waals surface area (Å²) < 4.78 is 109. The zero-order valence-electron chi connectivity index (χ0n) is 15.4. The number of benzene rings is 2. The first kappa shape index (κ1) is 22.9. The fourth-order valence-electron chi connectivity index (χ4n) is 3.06. The minimum absolute atomic E-state index is 0.0441. The Hall–Kier alpha value is -2.80. The van der Waals surface area contributed by atoms with Crippen LogP contribution in [0, 0.1) is 5.82 Å². The van der Waals surface area contributed by atoms with Crippen molar-refractivity contribution in [3.63, 3.8) is 0 Å². The van der Waals surface area contributed by atoms with Crippen LogP contribution >= 0.6 is 0 Å². The van der Waals surface area contributed by atoms with Gasteiger partial charge in [0.1, 0.15) is 35.6 Å². The van der Waals surface area contributed by atoms with E-state index in [1.807, 2.05) is 0 Å². The van der Waals surface area contributed by atoms with Crippen molar-refractivity contribution in [3.8, 4) is 11.5 Å². The summed E-state index contributed by atoms with van der Waals surface area (Å²) in [6.07, 6.45) is -1.78. The van der Waals surface area contributed by atoms with Crippen LogP contribution in [0.4, 0.5) is 26.3 Å². The quantitative estimate of drug-likeness (QED) is 0.505. The number of nitrogens with zero attached hydrogens (tertiary/aromatic N) is 1. The van der Waals surface area contributed by atoms with E-state index in [9.17, 15) is 39.9 Å². The average molecular weight is 468 g/mol. The molecule has 6 nitrogen and oxygen atoms in total. The normalized spacial score (nSPS) is 13.5. The van der Waals surface area contributed by atoms with Gasteiger partial charge in [-0.15, -0.1) is 0 Å². The van der Waals surface area contributed by atoms with Gasteiger partial charge in [0.25, 0.3) is 9.84 Å². The Morgan fingerprint density at radius 1 is 1.13 bits per heavy atom. The second-order valence-corrected chi connectivity index (χ2v) is 8.23. The molecule has 0 saturated heterocycles. The standard InChI is InChI=1S/C18H14F6N2O4S/c19-6-5-9-13(30-14-2-1-11(21)17-10(14)8-25-26-17)3-4-15(16(9)12(27)7-20)31(28,29)18(22,23)24/h1-4,8,12,27H,5-7H2,(H,25,26)/t12-/m1/s1. The van der Waals surface area contributed by atoms with Gasteiger partial charge in [0.2, 0.25) is 0 Å². The molecule has 0 bridgehead atoms. The molecule has 0 radical (unpaired) electrons. The fraction of sp³-hybridized carbons (Fsp3) is 0.278. The second kappa shape index (κ2) is 8.38. The van der Waals surface area contributed by atoms with Gasteiger partial charge in [0.15, 0.2) is 0 Å². The molecule has 0 aliphatic rings. The molecule has 1 heterocycles. The highest BCUT2D eigenvalue weighted by Gasteiger charge is 2.49. The largest absolute Gasteiger partial charge is 0.501 e. The number of nitrogens with one attached hydrogen (secondary N) is 1. The summed E-state index contributed by atoms with van der Waals surface area (Å²) in [6, 6.07) is 3.49. The molecular weight excluding hydrogens is 454 g/mol. The predicted octanol–water partition coefficient (Wildman–Crippen LogP) is 4.30. The molecule has 0 spiro atoms. The lowest BCUT2D eigenvalue weighted by atomic mass is 9.99. The van der Waals surface area contributed by atoms with Crippen LogP contribution < -0.4 is 4.74 Å². The lowest BCUT2D eigenvalue weighted by Crippen LogP contribution is -2.26. The number of H-pyrrole nitrogens is 1. The third-order valence-electron chi connectivity index (χ3n) is 4.44. The van der Waals surface area contributed by atoms with Crippen LogP contribution in [0.2, 0.25) is 0 Å². The summed E-state index contributed by atoms with van der Waals surface area (Å²) in [7, 11) is -5.99. The van der Waals surface area contributed by atoms with Crippen LogP contribution in [0.25, 0.3) is 10.9 Å². The lowest BCUT2D eigenvalue weighted by Gasteiger charge is -2.21. The minimum atomic E-state index is -5.99. The Morgan fingerprint density at radius 2 is 1.81 bits per heavy atom. The van der Waals surface area contributed by atoms with Crippen LogP contribution in [0.15, 0.2) is 35.4 Å². The number of aliphatic hydroxyl groups excluding tert-OH is 1. The number of alkyl halides is 5. The van der Waals surface area contributed by atoms with Crippen LogP contribution in [0.1, 0.15) is 17.2 Å². The number of aromatic nitrogens is 2. The third-order valence-corrected chi connectivity index (χ3v) is 5.98. The molecule has 0 aliphatic heterocycles. The summed E-state index contributed by atoms with van der Waals surface area (Å²) in [5.41, 5.74) is -7.23. The highest BCUT2D eigenvalue weighted by molar-refractivity contribution is 7.92. The summed E-state index contributed by atoms with van der Waals surface area (Å²) in [6.45, 7) is -2.81. The van der Waals surface area contributed by atoms with Crippen molar-refractivity contribution in [2.45, 2.75) is 22.9 Å². The maximum Gasteiger partial charge on any atom is 0.501 e. The van der Waals surface area contributed by atoms with Crippen LogP contribution in [-0.2, 0) is 16.3 Å². The Balaban J connectivity index is 2.24. The molecule has 0 saturated carbocycles. The molecule has 0 aliphatic carbocycles. The number of halogens is 6. The summed E-state index contributed by atoms with van der Waals surface area (Å²) in [4.78, 5) is -1.41. The van der Waals surface area contributed by atoms with E-state index in [1.54, 1.807) is 0 Å². The number of aromatic amines is 1. The van der Waals surface area contributed by atoms with E-state index in [-0.39, 0.29) is 22.4 Å². The van der Waals surface area contributed by atoms with Gasteiger partial charge in [-0.2, -0.15) is 18.3 Å². The molecule has 0 amide bonds. The van der Waals surface area contributed by atoms with Gasteiger partial charge in [0, 0.05) is 17.5 Å². The van der Waals surface area contributed by atoms with E-state index in [1.165, 1.54) is 6.20 Å². The number of ether oxygens (including phenoxy) is 1. The van der Waals surface area contributed by atoms with Gasteiger partial charge in [0.05, 0.1) is 23.2 Å². The topological polar surface area (TPSA) is 92.3 Å². The minimum Gasteiger partial charge on any atom is -0.456 e.